The van der Waals surface area contributed by atoms with E-state index < -0.39 is 8.07 Å². The van der Waals surface area contributed by atoms with Crippen molar-refractivity contribution in [3.8, 4) is 0 Å². The van der Waals surface area contributed by atoms with Crippen molar-refractivity contribution in [3.05, 3.63) is 39.4 Å². The molecule has 2 rings (SSSR count). The van der Waals surface area contributed by atoms with Crippen LogP contribution in [0.5, 0.6) is 0 Å². The molecule has 0 bridgehead atoms. The van der Waals surface area contributed by atoms with E-state index in [4.69, 9.17) is 4.74 Å². The molecule has 0 fully saturated rings. The van der Waals surface area contributed by atoms with E-state index >= 15 is 0 Å². The summed E-state index contributed by atoms with van der Waals surface area (Å²) >= 11 is 3.47. The first-order valence-electron chi connectivity index (χ1n) is 6.60. The minimum atomic E-state index is -1.10. The van der Waals surface area contributed by atoms with Crippen molar-refractivity contribution < 1.29 is 4.74 Å². The predicted molar refractivity (Wildman–Crippen MR) is 87.8 cm³/mol. The average Bonchev–Trinajstić information content (AvgIpc) is 2.39. The van der Waals surface area contributed by atoms with Gasteiger partial charge in [0, 0.05) is 36.9 Å². The first-order valence-corrected chi connectivity index (χ1v) is 11.1. The third-order valence-electron chi connectivity index (χ3n) is 3.02. The maximum absolute atomic E-state index is 12.3. The largest absolute Gasteiger partial charge is 0.361 e. The van der Waals surface area contributed by atoms with E-state index in [0.717, 1.165) is 15.9 Å². The number of fused-ring (bicyclic) bond motifs is 1. The van der Waals surface area contributed by atoms with Crippen LogP contribution in [0.15, 0.2) is 33.8 Å². The molecule has 20 heavy (non-hydrogen) atoms. The van der Waals surface area contributed by atoms with E-state index in [-0.39, 0.29) is 12.3 Å². The Balaban J connectivity index is 2.15. The summed E-state index contributed by atoms with van der Waals surface area (Å²) in [6.07, 6.45) is 3.40. The van der Waals surface area contributed by atoms with Gasteiger partial charge in [0.05, 0.1) is 0 Å². The Morgan fingerprint density at radius 1 is 1.40 bits per heavy atom. The lowest BCUT2D eigenvalue weighted by molar-refractivity contribution is 0.0849. The van der Waals surface area contributed by atoms with Crippen LogP contribution >= 0.6 is 15.9 Å². The second-order valence-electron chi connectivity index (χ2n) is 6.00. The first kappa shape index (κ1) is 15.4. The van der Waals surface area contributed by atoms with Crippen molar-refractivity contribution in [1.29, 1.82) is 0 Å². The highest BCUT2D eigenvalue weighted by atomic mass is 79.9. The minimum Gasteiger partial charge on any atom is -0.361 e. The highest BCUT2D eigenvalue weighted by Crippen LogP contribution is 2.19. The zero-order valence-electron chi connectivity index (χ0n) is 12.0. The van der Waals surface area contributed by atoms with Gasteiger partial charge in [-0.1, -0.05) is 19.6 Å². The molecule has 2 aromatic heterocycles. The summed E-state index contributed by atoms with van der Waals surface area (Å²) in [5.41, 5.74) is 0.354. The first-order chi connectivity index (χ1) is 9.38. The fourth-order valence-electron chi connectivity index (χ4n) is 1.81. The van der Waals surface area contributed by atoms with Gasteiger partial charge in [-0.05, 0) is 34.1 Å². The van der Waals surface area contributed by atoms with E-state index in [0.29, 0.717) is 12.1 Å². The van der Waals surface area contributed by atoms with E-state index in [1.54, 1.807) is 17.0 Å². The molecule has 0 aliphatic heterocycles. The number of hydrogen-bond acceptors (Lipinski definition) is 3. The Bertz CT molecular complexity index is 664. The summed E-state index contributed by atoms with van der Waals surface area (Å²) in [5.74, 6) is 0. The van der Waals surface area contributed by atoms with Crippen LogP contribution in [0.4, 0.5) is 0 Å². The summed E-state index contributed by atoms with van der Waals surface area (Å²) < 4.78 is 8.04. The topological polar surface area (TPSA) is 44.1 Å². The molecule has 2 heterocycles. The van der Waals surface area contributed by atoms with Crippen molar-refractivity contribution >= 4 is 34.9 Å². The van der Waals surface area contributed by atoms with Crippen molar-refractivity contribution in [2.24, 2.45) is 0 Å². The van der Waals surface area contributed by atoms with Crippen molar-refractivity contribution in [1.82, 2.24) is 9.55 Å². The number of aromatic nitrogens is 2. The van der Waals surface area contributed by atoms with Crippen molar-refractivity contribution in [2.45, 2.75) is 32.4 Å². The predicted octanol–water partition coefficient (Wildman–Crippen LogP) is 3.47. The van der Waals surface area contributed by atoms with Crippen LogP contribution in [-0.2, 0) is 11.5 Å². The highest BCUT2D eigenvalue weighted by Gasteiger charge is 2.12. The van der Waals surface area contributed by atoms with Crippen LogP contribution in [0.25, 0.3) is 10.9 Å². The van der Waals surface area contributed by atoms with Gasteiger partial charge in [0.25, 0.3) is 5.56 Å². The SMILES string of the molecule is C[Si](C)(C)CCOCn1cc(Br)c2cccnc2c1=O. The molecular weight excluding hydrogens is 336 g/mol. The molecule has 0 spiro atoms. The molecular formula is C14H19BrN2O2Si. The van der Waals surface area contributed by atoms with Gasteiger partial charge >= 0.3 is 0 Å². The number of rotatable bonds is 5. The molecule has 0 saturated heterocycles. The van der Waals surface area contributed by atoms with Crippen LogP contribution in [0.1, 0.15) is 0 Å². The van der Waals surface area contributed by atoms with E-state index in [1.807, 2.05) is 12.1 Å². The molecule has 0 unspecified atom stereocenters. The number of ether oxygens (including phenoxy) is 1. The van der Waals surface area contributed by atoms with E-state index in [1.165, 1.54) is 0 Å². The van der Waals surface area contributed by atoms with Gasteiger partial charge in [0.15, 0.2) is 0 Å². The second-order valence-corrected chi connectivity index (χ2v) is 12.5. The Morgan fingerprint density at radius 3 is 2.85 bits per heavy atom. The van der Waals surface area contributed by atoms with Gasteiger partial charge in [-0.2, -0.15) is 0 Å². The van der Waals surface area contributed by atoms with Crippen LogP contribution in [0, 0.1) is 0 Å². The fourth-order valence-corrected chi connectivity index (χ4v) is 3.13. The number of hydrogen-bond donors (Lipinski definition) is 0. The van der Waals surface area contributed by atoms with Gasteiger partial charge in [0.1, 0.15) is 12.2 Å². The Kier molecular flexibility index (Phi) is 4.77. The lowest BCUT2D eigenvalue weighted by atomic mass is 10.2. The second kappa shape index (κ2) is 6.20. The number of halogens is 1. The molecule has 108 valence electrons. The fraction of sp³-hybridized carbons (Fsp3) is 0.429. The quantitative estimate of drug-likeness (QED) is 0.609. The van der Waals surface area contributed by atoms with E-state index in [2.05, 4.69) is 40.6 Å². The van der Waals surface area contributed by atoms with Crippen LogP contribution in [0.3, 0.4) is 0 Å². The van der Waals surface area contributed by atoms with Crippen LogP contribution in [0.2, 0.25) is 25.7 Å². The minimum absolute atomic E-state index is 0.114. The third kappa shape index (κ3) is 3.77. The molecule has 0 amide bonds. The Morgan fingerprint density at radius 2 is 2.15 bits per heavy atom. The smallest absolute Gasteiger partial charge is 0.278 e. The highest BCUT2D eigenvalue weighted by molar-refractivity contribution is 9.10. The van der Waals surface area contributed by atoms with Gasteiger partial charge in [-0.3, -0.25) is 14.3 Å². The molecule has 0 saturated carbocycles. The molecule has 0 aliphatic rings. The normalized spacial score (nSPS) is 12.0. The van der Waals surface area contributed by atoms with E-state index in [9.17, 15) is 4.79 Å². The van der Waals surface area contributed by atoms with Gasteiger partial charge < -0.3 is 4.74 Å². The molecule has 4 nitrogen and oxygen atoms in total. The molecule has 0 atom stereocenters. The zero-order chi connectivity index (χ0) is 14.8. The van der Waals surface area contributed by atoms with Crippen LogP contribution < -0.4 is 5.56 Å². The maximum atomic E-state index is 12.3. The van der Waals surface area contributed by atoms with Gasteiger partial charge in [-0.15, -0.1) is 0 Å². The van der Waals surface area contributed by atoms with Crippen molar-refractivity contribution in [2.75, 3.05) is 6.61 Å². The molecule has 0 N–H and O–H groups in total. The third-order valence-corrected chi connectivity index (χ3v) is 5.36. The summed E-state index contributed by atoms with van der Waals surface area (Å²) in [7, 11) is -1.10. The average molecular weight is 355 g/mol. The molecule has 2 aromatic rings. The van der Waals surface area contributed by atoms with Crippen LogP contribution in [-0.4, -0.2) is 24.2 Å². The molecule has 0 radical (unpaired) electrons. The lowest BCUT2D eigenvalue weighted by Crippen LogP contribution is -2.25. The number of pyridine rings is 2. The van der Waals surface area contributed by atoms with Gasteiger partial charge in [0.2, 0.25) is 0 Å². The standard InChI is InChI=1S/C14H19BrN2O2Si/c1-20(2,3)8-7-19-10-17-9-12(15)11-5-4-6-16-13(11)14(17)18/h4-6,9H,7-8,10H2,1-3H3. The Labute approximate surface area is 127 Å². The summed E-state index contributed by atoms with van der Waals surface area (Å²) in [6, 6.07) is 4.79. The monoisotopic (exact) mass is 354 g/mol. The van der Waals surface area contributed by atoms with Gasteiger partial charge in [-0.25, -0.2) is 0 Å². The summed E-state index contributed by atoms with van der Waals surface area (Å²) in [5, 5.41) is 0.829. The van der Waals surface area contributed by atoms with Crippen molar-refractivity contribution in [3.63, 3.8) is 0 Å². The summed E-state index contributed by atoms with van der Waals surface area (Å²) in [6.45, 7) is 7.88. The number of nitrogens with zero attached hydrogens (tertiary/aromatic N) is 2. The zero-order valence-corrected chi connectivity index (χ0v) is 14.6. The molecule has 6 heteroatoms. The lowest BCUT2D eigenvalue weighted by Gasteiger charge is -2.16. The molecule has 0 aromatic carbocycles. The maximum Gasteiger partial charge on any atom is 0.278 e. The molecule has 0 aliphatic carbocycles. The Hall–Kier alpha value is -0.983. The summed E-state index contributed by atoms with van der Waals surface area (Å²) in [4.78, 5) is 16.4.